The van der Waals surface area contributed by atoms with Gasteiger partial charge in [0, 0.05) is 23.1 Å². The van der Waals surface area contributed by atoms with E-state index in [0.717, 1.165) is 12.1 Å². The normalized spacial score (nSPS) is 11.5. The fourth-order valence-electron chi connectivity index (χ4n) is 2.83. The molecule has 0 heterocycles. The molecule has 1 amide bonds. The van der Waals surface area contributed by atoms with Crippen LogP contribution in [0.4, 0.5) is 4.39 Å². The highest BCUT2D eigenvalue weighted by atomic mass is 19.1. The van der Waals surface area contributed by atoms with Crippen LogP contribution < -0.4 is 5.32 Å². The molecule has 0 bridgehead atoms. The van der Waals surface area contributed by atoms with E-state index < -0.39 is 23.7 Å². The molecule has 146 valence electrons. The average molecular weight is 391 g/mol. The van der Waals surface area contributed by atoms with Gasteiger partial charge in [0.2, 0.25) is 0 Å². The first-order valence-corrected chi connectivity index (χ1v) is 8.92. The summed E-state index contributed by atoms with van der Waals surface area (Å²) in [7, 11) is 0. The zero-order valence-electron chi connectivity index (χ0n) is 15.3. The maximum Gasteiger partial charge on any atom is 0.326 e. The number of carboxylic acid groups (broad SMARTS) is 1. The Morgan fingerprint density at radius 3 is 1.93 bits per heavy atom. The Hall–Kier alpha value is -3.80. The Morgan fingerprint density at radius 1 is 0.793 bits per heavy atom. The van der Waals surface area contributed by atoms with Crippen LogP contribution in [0.3, 0.4) is 0 Å². The highest BCUT2D eigenvalue weighted by Crippen LogP contribution is 2.13. The van der Waals surface area contributed by atoms with E-state index in [-0.39, 0.29) is 17.8 Å². The standard InChI is InChI=1S/C23H18FNO4/c24-19-12-10-18(11-13-19)22(27)25-20(23(28)29)14-15-6-8-17(9-7-15)21(26)16-4-2-1-3-5-16/h1-13,20H,14H2,(H,25,27)(H,28,29)/t20-/m0/s1. The Bertz CT molecular complexity index is 1020. The number of nitrogens with one attached hydrogen (secondary N) is 1. The number of carbonyl (C=O) groups excluding carboxylic acids is 2. The van der Waals surface area contributed by atoms with Gasteiger partial charge in [0.15, 0.2) is 5.78 Å². The van der Waals surface area contributed by atoms with Crippen LogP contribution in [0.25, 0.3) is 0 Å². The summed E-state index contributed by atoms with van der Waals surface area (Å²) in [4.78, 5) is 36.2. The van der Waals surface area contributed by atoms with Crippen molar-refractivity contribution in [3.05, 3.63) is 107 Å². The second-order valence-electron chi connectivity index (χ2n) is 6.47. The topological polar surface area (TPSA) is 83.5 Å². The van der Waals surface area contributed by atoms with Gasteiger partial charge in [-0.25, -0.2) is 9.18 Å². The molecular weight excluding hydrogens is 373 g/mol. The van der Waals surface area contributed by atoms with Gasteiger partial charge in [0.1, 0.15) is 11.9 Å². The van der Waals surface area contributed by atoms with Gasteiger partial charge >= 0.3 is 5.97 Å². The molecular formula is C23H18FNO4. The van der Waals surface area contributed by atoms with E-state index in [0.29, 0.717) is 16.7 Å². The molecule has 0 aliphatic heterocycles. The molecule has 5 nitrogen and oxygen atoms in total. The molecule has 0 saturated carbocycles. The van der Waals surface area contributed by atoms with Gasteiger partial charge in [-0.3, -0.25) is 9.59 Å². The summed E-state index contributed by atoms with van der Waals surface area (Å²) in [5.74, 6) is -2.41. The summed E-state index contributed by atoms with van der Waals surface area (Å²) in [5, 5.41) is 11.9. The Balaban J connectivity index is 1.69. The number of ketones is 1. The molecule has 0 unspecified atom stereocenters. The molecule has 2 N–H and O–H groups in total. The van der Waals surface area contributed by atoms with Crippen LogP contribution in [0, 0.1) is 5.82 Å². The minimum Gasteiger partial charge on any atom is -0.480 e. The molecule has 0 saturated heterocycles. The zero-order valence-corrected chi connectivity index (χ0v) is 15.3. The third-order valence-electron chi connectivity index (χ3n) is 4.40. The summed E-state index contributed by atoms with van der Waals surface area (Å²) < 4.78 is 13.0. The van der Waals surface area contributed by atoms with Crippen molar-refractivity contribution in [2.24, 2.45) is 0 Å². The van der Waals surface area contributed by atoms with Crippen molar-refractivity contribution in [2.75, 3.05) is 0 Å². The van der Waals surface area contributed by atoms with E-state index in [2.05, 4.69) is 5.32 Å². The number of carbonyl (C=O) groups is 3. The van der Waals surface area contributed by atoms with Crippen molar-refractivity contribution in [1.82, 2.24) is 5.32 Å². The van der Waals surface area contributed by atoms with Crippen LogP contribution >= 0.6 is 0 Å². The van der Waals surface area contributed by atoms with Crippen LogP contribution in [-0.2, 0) is 11.2 Å². The largest absolute Gasteiger partial charge is 0.480 e. The van der Waals surface area contributed by atoms with Crippen LogP contribution in [0.5, 0.6) is 0 Å². The summed E-state index contributed by atoms with van der Waals surface area (Å²) in [6.07, 6.45) is 0.0437. The van der Waals surface area contributed by atoms with Gasteiger partial charge in [-0.15, -0.1) is 0 Å². The molecule has 3 aromatic rings. The molecule has 3 aromatic carbocycles. The number of hydrogen-bond donors (Lipinski definition) is 2. The van der Waals surface area contributed by atoms with Crippen molar-refractivity contribution in [3.8, 4) is 0 Å². The average Bonchev–Trinajstić information content (AvgIpc) is 2.74. The summed E-state index contributed by atoms with van der Waals surface area (Å²) in [6, 6.07) is 19.1. The van der Waals surface area contributed by atoms with Crippen LogP contribution in [0.1, 0.15) is 31.8 Å². The number of halogens is 1. The molecule has 0 aliphatic carbocycles. The van der Waals surface area contributed by atoms with Gasteiger partial charge in [0.25, 0.3) is 5.91 Å². The number of aliphatic carboxylic acids is 1. The van der Waals surface area contributed by atoms with E-state index in [9.17, 15) is 23.9 Å². The second-order valence-corrected chi connectivity index (χ2v) is 6.47. The lowest BCUT2D eigenvalue weighted by atomic mass is 9.99. The smallest absolute Gasteiger partial charge is 0.326 e. The SMILES string of the molecule is O=C(N[C@@H](Cc1ccc(C(=O)c2ccccc2)cc1)C(=O)O)c1ccc(F)cc1. The molecule has 1 atom stereocenters. The molecule has 0 fully saturated rings. The number of benzene rings is 3. The monoisotopic (exact) mass is 391 g/mol. The maximum absolute atomic E-state index is 13.0. The lowest BCUT2D eigenvalue weighted by Gasteiger charge is -2.15. The van der Waals surface area contributed by atoms with Crippen molar-refractivity contribution in [2.45, 2.75) is 12.5 Å². The zero-order chi connectivity index (χ0) is 20.8. The molecule has 0 spiro atoms. The van der Waals surface area contributed by atoms with Gasteiger partial charge in [0.05, 0.1) is 0 Å². The van der Waals surface area contributed by atoms with Crippen LogP contribution in [0.15, 0.2) is 78.9 Å². The predicted octanol–water partition coefficient (Wildman–Crippen LogP) is 3.48. The summed E-state index contributed by atoms with van der Waals surface area (Å²) in [6.45, 7) is 0. The Labute approximate surface area is 166 Å². The molecule has 6 heteroatoms. The van der Waals surface area contributed by atoms with Gasteiger partial charge in [-0.2, -0.15) is 0 Å². The van der Waals surface area contributed by atoms with Gasteiger partial charge in [-0.1, -0.05) is 54.6 Å². The van der Waals surface area contributed by atoms with Crippen molar-refractivity contribution >= 4 is 17.7 Å². The van der Waals surface area contributed by atoms with Gasteiger partial charge < -0.3 is 10.4 Å². The lowest BCUT2D eigenvalue weighted by molar-refractivity contribution is -0.139. The van der Waals surface area contributed by atoms with E-state index in [4.69, 9.17) is 0 Å². The van der Waals surface area contributed by atoms with Crippen molar-refractivity contribution in [1.29, 1.82) is 0 Å². The second kappa shape index (κ2) is 8.93. The van der Waals surface area contributed by atoms with Crippen molar-refractivity contribution < 1.29 is 23.9 Å². The fraction of sp³-hybridized carbons (Fsp3) is 0.0870. The Morgan fingerprint density at radius 2 is 1.34 bits per heavy atom. The maximum atomic E-state index is 13.0. The molecule has 3 rings (SSSR count). The summed E-state index contributed by atoms with van der Waals surface area (Å²) in [5.41, 5.74) is 1.88. The molecule has 0 aromatic heterocycles. The van der Waals surface area contributed by atoms with Crippen molar-refractivity contribution in [3.63, 3.8) is 0 Å². The predicted molar refractivity (Wildman–Crippen MR) is 105 cm³/mol. The van der Waals surface area contributed by atoms with E-state index in [1.165, 1.54) is 12.1 Å². The fourth-order valence-corrected chi connectivity index (χ4v) is 2.83. The quantitative estimate of drug-likeness (QED) is 0.604. The number of carboxylic acids is 1. The first kappa shape index (κ1) is 19.9. The molecule has 29 heavy (non-hydrogen) atoms. The minimum atomic E-state index is -1.19. The lowest BCUT2D eigenvalue weighted by Crippen LogP contribution is -2.42. The highest BCUT2D eigenvalue weighted by molar-refractivity contribution is 6.08. The van der Waals surface area contributed by atoms with E-state index in [1.54, 1.807) is 48.5 Å². The minimum absolute atomic E-state index is 0.0437. The summed E-state index contributed by atoms with van der Waals surface area (Å²) >= 11 is 0. The number of hydrogen-bond acceptors (Lipinski definition) is 3. The number of rotatable bonds is 7. The third kappa shape index (κ3) is 5.13. The highest BCUT2D eigenvalue weighted by Gasteiger charge is 2.21. The molecule has 0 radical (unpaired) electrons. The van der Waals surface area contributed by atoms with E-state index >= 15 is 0 Å². The van der Waals surface area contributed by atoms with Crippen LogP contribution in [-0.4, -0.2) is 28.8 Å². The van der Waals surface area contributed by atoms with Crippen LogP contribution in [0.2, 0.25) is 0 Å². The van der Waals surface area contributed by atoms with E-state index in [1.807, 2.05) is 6.07 Å². The third-order valence-corrected chi connectivity index (χ3v) is 4.40. The first-order chi connectivity index (χ1) is 13.9. The first-order valence-electron chi connectivity index (χ1n) is 8.92. The van der Waals surface area contributed by atoms with Gasteiger partial charge in [-0.05, 0) is 29.8 Å². The molecule has 0 aliphatic rings. The number of amides is 1. The Kier molecular flexibility index (Phi) is 6.14.